The number of carbonyl (C=O) groups is 2. The van der Waals surface area contributed by atoms with E-state index in [0.717, 1.165) is 0 Å². The number of hydrogen-bond acceptors (Lipinski definition) is 5. The number of hydrogen-bond donors (Lipinski definition) is 1. The molecule has 1 unspecified atom stereocenters. The second kappa shape index (κ2) is 6.08. The molecule has 1 aromatic heterocycles. The summed E-state index contributed by atoms with van der Waals surface area (Å²) in [5.41, 5.74) is 0. The van der Waals surface area contributed by atoms with Crippen LogP contribution < -0.4 is 0 Å². The number of carbonyl (C=O) groups excluding carboxylic acids is 1. The van der Waals surface area contributed by atoms with Crippen molar-refractivity contribution >= 4 is 23.1 Å². The Bertz CT molecular complexity index is 412. The molecule has 1 atom stereocenters. The lowest BCUT2D eigenvalue weighted by atomic mass is 10.1. The summed E-state index contributed by atoms with van der Waals surface area (Å²) >= 11 is 1.35. The standard InChI is InChI=1S/C12H15NO4S/c14-11(15)8-9(13-3-5-17-6-4-13)12(16)10-2-1-7-18-10/h1-2,7,9H,3-6,8H2,(H,14,15). The zero-order valence-electron chi connectivity index (χ0n) is 9.87. The van der Waals surface area contributed by atoms with Gasteiger partial charge in [-0.2, -0.15) is 0 Å². The monoisotopic (exact) mass is 269 g/mol. The second-order valence-corrected chi connectivity index (χ2v) is 5.05. The number of rotatable bonds is 5. The Balaban J connectivity index is 2.13. The molecule has 1 aliphatic heterocycles. The van der Waals surface area contributed by atoms with Crippen molar-refractivity contribution < 1.29 is 19.4 Å². The number of ketones is 1. The predicted octanol–water partition coefficient (Wildman–Crippen LogP) is 1.11. The first-order valence-corrected chi connectivity index (χ1v) is 6.68. The van der Waals surface area contributed by atoms with Crippen LogP contribution in [0.5, 0.6) is 0 Å². The normalized spacial score (nSPS) is 18.4. The summed E-state index contributed by atoms with van der Waals surface area (Å²) in [5.74, 6) is -1.05. The van der Waals surface area contributed by atoms with Gasteiger partial charge in [0.2, 0.25) is 0 Å². The van der Waals surface area contributed by atoms with E-state index < -0.39 is 12.0 Å². The fourth-order valence-electron chi connectivity index (χ4n) is 2.03. The second-order valence-electron chi connectivity index (χ2n) is 4.10. The lowest BCUT2D eigenvalue weighted by molar-refractivity contribution is -0.138. The van der Waals surface area contributed by atoms with Crippen LogP contribution in [0.15, 0.2) is 17.5 Å². The highest BCUT2D eigenvalue weighted by atomic mass is 32.1. The molecule has 1 fully saturated rings. The first-order chi connectivity index (χ1) is 8.68. The highest BCUT2D eigenvalue weighted by Crippen LogP contribution is 2.18. The van der Waals surface area contributed by atoms with Crippen molar-refractivity contribution in [2.24, 2.45) is 0 Å². The number of aliphatic carboxylic acids is 1. The third kappa shape index (κ3) is 3.16. The van der Waals surface area contributed by atoms with Crippen LogP contribution >= 0.6 is 11.3 Å². The minimum atomic E-state index is -0.948. The predicted molar refractivity (Wildman–Crippen MR) is 67.1 cm³/mol. The van der Waals surface area contributed by atoms with Crippen LogP contribution in [-0.4, -0.2) is 54.1 Å². The highest BCUT2D eigenvalue weighted by Gasteiger charge is 2.30. The van der Waals surface area contributed by atoms with Crippen LogP contribution in [0.2, 0.25) is 0 Å². The fraction of sp³-hybridized carbons (Fsp3) is 0.500. The van der Waals surface area contributed by atoms with Crippen LogP contribution in [0.1, 0.15) is 16.1 Å². The molecule has 0 bridgehead atoms. The van der Waals surface area contributed by atoms with E-state index in [4.69, 9.17) is 9.84 Å². The van der Waals surface area contributed by atoms with Gasteiger partial charge < -0.3 is 9.84 Å². The van der Waals surface area contributed by atoms with Crippen LogP contribution in [-0.2, 0) is 9.53 Å². The molecule has 2 heterocycles. The minimum Gasteiger partial charge on any atom is -0.481 e. The van der Waals surface area contributed by atoms with E-state index in [0.29, 0.717) is 31.2 Å². The van der Waals surface area contributed by atoms with Gasteiger partial charge in [-0.3, -0.25) is 14.5 Å². The quantitative estimate of drug-likeness (QED) is 0.811. The van der Waals surface area contributed by atoms with Crippen LogP contribution in [0.25, 0.3) is 0 Å². The van der Waals surface area contributed by atoms with Gasteiger partial charge in [0.1, 0.15) is 0 Å². The maximum Gasteiger partial charge on any atom is 0.305 e. The molecule has 1 saturated heterocycles. The molecule has 18 heavy (non-hydrogen) atoms. The molecule has 0 radical (unpaired) electrons. The average molecular weight is 269 g/mol. The first-order valence-electron chi connectivity index (χ1n) is 5.80. The van der Waals surface area contributed by atoms with E-state index >= 15 is 0 Å². The molecule has 5 nitrogen and oxygen atoms in total. The first kappa shape index (κ1) is 13.2. The molecule has 1 aliphatic rings. The maximum atomic E-state index is 12.3. The Morgan fingerprint density at radius 3 is 2.72 bits per heavy atom. The Morgan fingerprint density at radius 2 is 2.17 bits per heavy atom. The van der Waals surface area contributed by atoms with E-state index in [1.807, 2.05) is 10.3 Å². The van der Waals surface area contributed by atoms with Crippen molar-refractivity contribution in [1.82, 2.24) is 4.90 Å². The van der Waals surface area contributed by atoms with E-state index in [9.17, 15) is 9.59 Å². The Morgan fingerprint density at radius 1 is 1.44 bits per heavy atom. The zero-order valence-corrected chi connectivity index (χ0v) is 10.7. The highest BCUT2D eigenvalue weighted by molar-refractivity contribution is 7.12. The number of ether oxygens (including phenoxy) is 1. The van der Waals surface area contributed by atoms with Crippen molar-refractivity contribution in [1.29, 1.82) is 0 Å². The van der Waals surface area contributed by atoms with E-state index in [-0.39, 0.29) is 12.2 Å². The van der Waals surface area contributed by atoms with Gasteiger partial charge in [-0.15, -0.1) is 11.3 Å². The molecule has 0 spiro atoms. The van der Waals surface area contributed by atoms with Gasteiger partial charge in [-0.25, -0.2) is 0 Å². The molecule has 0 amide bonds. The summed E-state index contributed by atoms with van der Waals surface area (Å²) in [6.45, 7) is 2.31. The van der Waals surface area contributed by atoms with Crippen molar-refractivity contribution in [3.63, 3.8) is 0 Å². The number of morpholine rings is 1. The summed E-state index contributed by atoms with van der Waals surface area (Å²) < 4.78 is 5.23. The van der Waals surface area contributed by atoms with Crippen LogP contribution in [0, 0.1) is 0 Å². The van der Waals surface area contributed by atoms with Gasteiger partial charge in [-0.05, 0) is 11.4 Å². The Labute approximate surface area is 109 Å². The van der Waals surface area contributed by atoms with Gasteiger partial charge in [0.05, 0.1) is 30.6 Å². The average Bonchev–Trinajstić information content (AvgIpc) is 2.90. The molecule has 1 aromatic rings. The summed E-state index contributed by atoms with van der Waals surface area (Å²) in [6, 6.07) is 2.96. The molecule has 1 N–H and O–H groups in total. The minimum absolute atomic E-state index is 0.102. The topological polar surface area (TPSA) is 66.8 Å². The maximum absolute atomic E-state index is 12.3. The smallest absolute Gasteiger partial charge is 0.305 e. The number of carboxylic acids is 1. The van der Waals surface area contributed by atoms with Crippen LogP contribution in [0.4, 0.5) is 0 Å². The molecule has 0 aromatic carbocycles. The molecule has 0 aliphatic carbocycles. The van der Waals surface area contributed by atoms with Crippen molar-refractivity contribution in [3.8, 4) is 0 Å². The van der Waals surface area contributed by atoms with E-state index in [1.54, 1.807) is 12.1 Å². The number of carboxylic acid groups (broad SMARTS) is 1. The third-order valence-electron chi connectivity index (χ3n) is 2.92. The molecule has 6 heteroatoms. The van der Waals surface area contributed by atoms with Gasteiger partial charge in [0, 0.05) is 13.1 Å². The molecule has 0 saturated carbocycles. The molecule has 2 rings (SSSR count). The van der Waals surface area contributed by atoms with Gasteiger partial charge in [0.25, 0.3) is 0 Å². The molecular weight excluding hydrogens is 254 g/mol. The molecular formula is C12H15NO4S. The van der Waals surface area contributed by atoms with Crippen molar-refractivity contribution in [3.05, 3.63) is 22.4 Å². The number of nitrogens with zero attached hydrogens (tertiary/aromatic N) is 1. The summed E-state index contributed by atoms with van der Waals surface area (Å²) in [4.78, 5) is 25.7. The van der Waals surface area contributed by atoms with E-state index in [1.165, 1.54) is 11.3 Å². The van der Waals surface area contributed by atoms with Gasteiger partial charge >= 0.3 is 5.97 Å². The summed E-state index contributed by atoms with van der Waals surface area (Å²) in [7, 11) is 0. The lowest BCUT2D eigenvalue weighted by Gasteiger charge is -2.32. The number of thiophene rings is 1. The summed E-state index contributed by atoms with van der Waals surface area (Å²) in [6.07, 6.45) is -0.156. The summed E-state index contributed by atoms with van der Waals surface area (Å²) in [5, 5.41) is 10.8. The SMILES string of the molecule is O=C(O)CC(C(=O)c1cccs1)N1CCOCC1. The largest absolute Gasteiger partial charge is 0.481 e. The van der Waals surface area contributed by atoms with Crippen molar-refractivity contribution in [2.75, 3.05) is 26.3 Å². The zero-order chi connectivity index (χ0) is 13.0. The van der Waals surface area contributed by atoms with E-state index in [2.05, 4.69) is 0 Å². The third-order valence-corrected chi connectivity index (χ3v) is 3.81. The van der Waals surface area contributed by atoms with Crippen LogP contribution in [0.3, 0.4) is 0 Å². The lowest BCUT2D eigenvalue weighted by Crippen LogP contribution is -2.48. The van der Waals surface area contributed by atoms with Gasteiger partial charge in [0.15, 0.2) is 5.78 Å². The number of Topliss-reactive ketones (excluding diaryl/α,β-unsaturated/α-hetero) is 1. The molecule has 98 valence electrons. The van der Waals surface area contributed by atoms with Gasteiger partial charge in [-0.1, -0.05) is 6.07 Å². The Kier molecular flexibility index (Phi) is 4.46. The fourth-order valence-corrected chi connectivity index (χ4v) is 2.74. The Hall–Kier alpha value is -1.24. The van der Waals surface area contributed by atoms with Crippen molar-refractivity contribution in [2.45, 2.75) is 12.5 Å².